The molecule has 9 nitrogen and oxygen atoms in total. The monoisotopic (exact) mass is 534 g/mol. The van der Waals surface area contributed by atoms with Crippen molar-refractivity contribution in [3.05, 3.63) is 17.0 Å². The van der Waals surface area contributed by atoms with Gasteiger partial charge in [0.25, 0.3) is 5.91 Å². The van der Waals surface area contributed by atoms with E-state index in [1.54, 1.807) is 6.92 Å². The molecule has 170 valence electrons. The number of aliphatic imine (C=N–C) groups is 1. The normalized spacial score (nSPS) is 19.0. The minimum absolute atomic E-state index is 0. The molecule has 1 unspecified atom stereocenters. The molecule has 30 heavy (non-hydrogen) atoms. The highest BCUT2D eigenvalue weighted by Crippen LogP contribution is 2.20. The molecule has 3 N–H and O–H groups in total. The highest BCUT2D eigenvalue weighted by molar-refractivity contribution is 14.0. The average Bonchev–Trinajstić information content (AvgIpc) is 3.21. The first-order chi connectivity index (χ1) is 13.9. The number of hydrogen-bond acceptors (Lipinski definition) is 5. The van der Waals surface area contributed by atoms with E-state index in [9.17, 15) is 9.59 Å². The molecule has 0 saturated carbocycles. The SMILES string of the molecule is CCNC(=NCc1c(CC)noc1CC)NCCCN1C(=O)NC(C)(CC)C1=O.I. The van der Waals surface area contributed by atoms with Gasteiger partial charge in [-0.2, -0.15) is 0 Å². The van der Waals surface area contributed by atoms with Gasteiger partial charge in [-0.05, 0) is 33.1 Å². The smallest absolute Gasteiger partial charge is 0.325 e. The van der Waals surface area contributed by atoms with E-state index in [1.807, 2.05) is 27.7 Å². The molecular weight excluding hydrogens is 499 g/mol. The van der Waals surface area contributed by atoms with Gasteiger partial charge in [-0.15, -0.1) is 24.0 Å². The molecule has 1 fully saturated rings. The Bertz CT molecular complexity index is 729. The van der Waals surface area contributed by atoms with Crippen LogP contribution in [0, 0.1) is 0 Å². The van der Waals surface area contributed by atoms with Crippen molar-refractivity contribution in [3.63, 3.8) is 0 Å². The van der Waals surface area contributed by atoms with E-state index in [0.29, 0.717) is 38.4 Å². The van der Waals surface area contributed by atoms with Crippen LogP contribution in [0.5, 0.6) is 0 Å². The Morgan fingerprint density at radius 3 is 2.50 bits per heavy atom. The van der Waals surface area contributed by atoms with Crippen LogP contribution in [-0.2, 0) is 24.2 Å². The summed E-state index contributed by atoms with van der Waals surface area (Å²) in [4.78, 5) is 30.4. The fraction of sp³-hybridized carbons (Fsp3) is 0.700. The summed E-state index contributed by atoms with van der Waals surface area (Å²) in [6.07, 6.45) is 2.80. The van der Waals surface area contributed by atoms with Crippen molar-refractivity contribution in [2.24, 2.45) is 4.99 Å². The number of aryl methyl sites for hydroxylation is 2. The largest absolute Gasteiger partial charge is 0.361 e. The van der Waals surface area contributed by atoms with Gasteiger partial charge in [0.1, 0.15) is 11.3 Å². The number of halogens is 1. The second kappa shape index (κ2) is 12.1. The quantitative estimate of drug-likeness (QED) is 0.140. The fourth-order valence-corrected chi connectivity index (χ4v) is 3.25. The number of urea groups is 1. The predicted octanol–water partition coefficient (Wildman–Crippen LogP) is 2.58. The third-order valence-electron chi connectivity index (χ3n) is 5.25. The summed E-state index contributed by atoms with van der Waals surface area (Å²) >= 11 is 0. The Kier molecular flexibility index (Phi) is 10.6. The number of nitrogens with zero attached hydrogens (tertiary/aromatic N) is 3. The van der Waals surface area contributed by atoms with Crippen LogP contribution in [0.1, 0.15) is 64.5 Å². The molecule has 1 saturated heterocycles. The minimum atomic E-state index is -0.784. The van der Waals surface area contributed by atoms with Crippen molar-refractivity contribution < 1.29 is 14.1 Å². The van der Waals surface area contributed by atoms with E-state index in [2.05, 4.69) is 26.1 Å². The van der Waals surface area contributed by atoms with Crippen molar-refractivity contribution in [3.8, 4) is 0 Å². The zero-order valence-corrected chi connectivity index (χ0v) is 21.0. The molecule has 2 heterocycles. The first kappa shape index (κ1) is 26.2. The Balaban J connectivity index is 0.00000450. The van der Waals surface area contributed by atoms with Crippen molar-refractivity contribution in [1.82, 2.24) is 26.0 Å². The van der Waals surface area contributed by atoms with Gasteiger partial charge in [0.15, 0.2) is 5.96 Å². The van der Waals surface area contributed by atoms with Crippen LogP contribution in [-0.4, -0.2) is 53.1 Å². The molecule has 0 radical (unpaired) electrons. The Hall–Kier alpha value is -1.85. The number of nitrogens with one attached hydrogen (secondary N) is 3. The van der Waals surface area contributed by atoms with Gasteiger partial charge in [0.05, 0.1) is 12.2 Å². The summed E-state index contributed by atoms with van der Waals surface area (Å²) in [7, 11) is 0. The first-order valence-electron chi connectivity index (χ1n) is 10.5. The third-order valence-corrected chi connectivity index (χ3v) is 5.25. The second-order valence-electron chi connectivity index (χ2n) is 7.29. The summed E-state index contributed by atoms with van der Waals surface area (Å²) in [6, 6.07) is -0.313. The number of imide groups is 1. The Morgan fingerprint density at radius 2 is 1.93 bits per heavy atom. The van der Waals surface area contributed by atoms with Crippen LogP contribution < -0.4 is 16.0 Å². The zero-order chi connectivity index (χ0) is 21.4. The van der Waals surface area contributed by atoms with Crippen LogP contribution >= 0.6 is 24.0 Å². The van der Waals surface area contributed by atoms with E-state index in [4.69, 9.17) is 4.52 Å². The van der Waals surface area contributed by atoms with Crippen molar-refractivity contribution in [1.29, 1.82) is 0 Å². The van der Waals surface area contributed by atoms with Crippen LogP contribution in [0.2, 0.25) is 0 Å². The predicted molar refractivity (Wildman–Crippen MR) is 127 cm³/mol. The van der Waals surface area contributed by atoms with E-state index < -0.39 is 5.54 Å². The number of carbonyl (C=O) groups is 2. The van der Waals surface area contributed by atoms with Crippen LogP contribution in [0.15, 0.2) is 9.52 Å². The number of carbonyl (C=O) groups excluding carboxylic acids is 2. The summed E-state index contributed by atoms with van der Waals surface area (Å²) in [5, 5.41) is 13.4. The summed E-state index contributed by atoms with van der Waals surface area (Å²) in [6.45, 7) is 11.9. The Labute approximate surface area is 195 Å². The van der Waals surface area contributed by atoms with Gasteiger partial charge in [-0.25, -0.2) is 9.79 Å². The number of guanidine groups is 1. The minimum Gasteiger partial charge on any atom is -0.361 e. The number of amides is 3. The van der Waals surface area contributed by atoms with E-state index in [0.717, 1.165) is 36.4 Å². The molecule has 0 bridgehead atoms. The molecule has 1 aromatic heterocycles. The summed E-state index contributed by atoms with van der Waals surface area (Å²) < 4.78 is 5.39. The molecule has 0 aliphatic carbocycles. The van der Waals surface area contributed by atoms with Gasteiger partial charge in [-0.3, -0.25) is 9.69 Å². The highest BCUT2D eigenvalue weighted by Gasteiger charge is 2.45. The Morgan fingerprint density at radius 1 is 1.20 bits per heavy atom. The molecule has 3 amide bonds. The lowest BCUT2D eigenvalue weighted by atomic mass is 9.99. The third kappa shape index (κ3) is 6.08. The molecular formula is C20H35IN6O3. The fourth-order valence-electron chi connectivity index (χ4n) is 3.25. The molecule has 1 aliphatic rings. The van der Waals surface area contributed by atoms with Crippen molar-refractivity contribution in [2.45, 2.75) is 72.4 Å². The van der Waals surface area contributed by atoms with Gasteiger partial charge in [0, 0.05) is 31.6 Å². The topological polar surface area (TPSA) is 112 Å². The van der Waals surface area contributed by atoms with Crippen molar-refractivity contribution in [2.75, 3.05) is 19.6 Å². The van der Waals surface area contributed by atoms with E-state index in [-0.39, 0.29) is 35.9 Å². The molecule has 0 spiro atoms. The zero-order valence-electron chi connectivity index (χ0n) is 18.6. The molecule has 1 atom stereocenters. The molecule has 2 rings (SSSR count). The highest BCUT2D eigenvalue weighted by atomic mass is 127. The maximum absolute atomic E-state index is 12.4. The lowest BCUT2D eigenvalue weighted by Crippen LogP contribution is -2.43. The maximum atomic E-state index is 12.4. The second-order valence-corrected chi connectivity index (χ2v) is 7.29. The first-order valence-corrected chi connectivity index (χ1v) is 10.5. The van der Waals surface area contributed by atoms with Crippen LogP contribution in [0.4, 0.5) is 4.79 Å². The standard InChI is InChI=1S/C20H34N6O3.HI/c1-6-15-14(16(7-2)29-25-15)13-23-18(21-9-4)22-11-10-12-26-17(27)20(5,8-3)24-19(26)28;/h6-13H2,1-5H3,(H,24,28)(H2,21,22,23);1H. The molecule has 10 heteroatoms. The molecule has 0 aromatic carbocycles. The van der Waals surface area contributed by atoms with Crippen molar-refractivity contribution >= 4 is 41.9 Å². The van der Waals surface area contributed by atoms with Gasteiger partial charge in [-0.1, -0.05) is 25.9 Å². The molecule has 1 aliphatic heterocycles. The average molecular weight is 534 g/mol. The lowest BCUT2D eigenvalue weighted by molar-refractivity contribution is -0.130. The summed E-state index contributed by atoms with van der Waals surface area (Å²) in [5.41, 5.74) is 1.21. The van der Waals surface area contributed by atoms with Gasteiger partial charge in [0.2, 0.25) is 0 Å². The van der Waals surface area contributed by atoms with Gasteiger partial charge < -0.3 is 20.5 Å². The number of aromatic nitrogens is 1. The summed E-state index contributed by atoms with van der Waals surface area (Å²) in [5.74, 6) is 1.41. The van der Waals surface area contributed by atoms with Crippen LogP contribution in [0.25, 0.3) is 0 Å². The number of rotatable bonds is 10. The number of hydrogen-bond donors (Lipinski definition) is 3. The van der Waals surface area contributed by atoms with E-state index in [1.165, 1.54) is 4.90 Å². The van der Waals surface area contributed by atoms with Crippen LogP contribution in [0.3, 0.4) is 0 Å². The maximum Gasteiger partial charge on any atom is 0.325 e. The lowest BCUT2D eigenvalue weighted by Gasteiger charge is -2.19. The molecule has 1 aromatic rings. The van der Waals surface area contributed by atoms with E-state index >= 15 is 0 Å². The van der Waals surface area contributed by atoms with Gasteiger partial charge >= 0.3 is 6.03 Å².